The first kappa shape index (κ1) is 11.2. The Morgan fingerprint density at radius 3 is 2.81 bits per heavy atom. The van der Waals surface area contributed by atoms with Gasteiger partial charge in [-0.2, -0.15) is 5.10 Å². The number of nitrogens with zero attached hydrogens (tertiary/aromatic N) is 2. The molecule has 1 N–H and O–H groups in total. The Morgan fingerprint density at radius 1 is 1.62 bits per heavy atom. The number of aromatic nitrogens is 2. The zero-order valence-electron chi connectivity index (χ0n) is 8.69. The number of halogens is 1. The molecule has 0 unspecified atom stereocenters. The van der Waals surface area contributed by atoms with E-state index in [4.69, 9.17) is 16.7 Å². The molecule has 4 nitrogen and oxygen atoms in total. The molecule has 0 fully saturated rings. The van der Waals surface area contributed by atoms with Gasteiger partial charge >= 0.3 is 5.97 Å². The molecule has 0 spiro atoms. The molecular formula is C10H9ClN2O2S. The van der Waals surface area contributed by atoms with Gasteiger partial charge in [-0.05, 0) is 18.4 Å². The van der Waals surface area contributed by atoms with Crippen LogP contribution in [-0.2, 0) is 7.05 Å². The van der Waals surface area contributed by atoms with Crippen LogP contribution < -0.4 is 0 Å². The summed E-state index contributed by atoms with van der Waals surface area (Å²) in [6.45, 7) is 1.83. The first-order valence-electron chi connectivity index (χ1n) is 4.52. The fourth-order valence-electron chi connectivity index (χ4n) is 1.63. The fraction of sp³-hybridized carbons (Fsp3) is 0.200. The highest BCUT2D eigenvalue weighted by Gasteiger charge is 2.19. The Kier molecular flexibility index (Phi) is 2.73. The molecule has 0 aliphatic carbocycles. The highest BCUT2D eigenvalue weighted by molar-refractivity contribution is 7.12. The number of aryl methyl sites for hydroxylation is 1. The number of carbonyl (C=O) groups is 1. The Bertz CT molecular complexity index is 559. The molecule has 0 atom stereocenters. The maximum atomic E-state index is 11.0. The van der Waals surface area contributed by atoms with E-state index < -0.39 is 5.97 Å². The van der Waals surface area contributed by atoms with Crippen molar-refractivity contribution >= 4 is 28.9 Å². The minimum absolute atomic E-state index is 0.308. The lowest BCUT2D eigenvalue weighted by Gasteiger charge is -2.02. The summed E-state index contributed by atoms with van der Waals surface area (Å²) in [5, 5.41) is 15.3. The Balaban J connectivity index is 2.67. The summed E-state index contributed by atoms with van der Waals surface area (Å²) < 4.78 is 1.60. The van der Waals surface area contributed by atoms with Crippen molar-refractivity contribution in [3.05, 3.63) is 27.0 Å². The van der Waals surface area contributed by atoms with Crippen LogP contribution in [0.5, 0.6) is 0 Å². The average molecular weight is 257 g/mol. The number of carboxylic acid groups (broad SMARTS) is 1. The van der Waals surface area contributed by atoms with E-state index in [1.165, 1.54) is 11.3 Å². The number of hydrogen-bond donors (Lipinski definition) is 1. The van der Waals surface area contributed by atoms with Crippen molar-refractivity contribution in [1.29, 1.82) is 0 Å². The molecule has 0 saturated heterocycles. The van der Waals surface area contributed by atoms with Gasteiger partial charge in [-0.25, -0.2) is 4.79 Å². The molecule has 2 rings (SSSR count). The van der Waals surface area contributed by atoms with Crippen LogP contribution in [-0.4, -0.2) is 20.9 Å². The van der Waals surface area contributed by atoms with Gasteiger partial charge in [0.1, 0.15) is 4.88 Å². The molecule has 0 aromatic carbocycles. The molecule has 0 aliphatic heterocycles. The number of thiophene rings is 1. The lowest BCUT2D eigenvalue weighted by molar-refractivity contribution is 0.0703. The molecular weight excluding hydrogens is 248 g/mol. The molecule has 0 aliphatic rings. The van der Waals surface area contributed by atoms with Crippen molar-refractivity contribution in [2.45, 2.75) is 6.92 Å². The smallest absolute Gasteiger partial charge is 0.346 e. The molecule has 0 bridgehead atoms. The van der Waals surface area contributed by atoms with E-state index in [0.717, 1.165) is 11.3 Å². The predicted molar refractivity (Wildman–Crippen MR) is 63.2 cm³/mol. The van der Waals surface area contributed by atoms with Gasteiger partial charge in [0.15, 0.2) is 5.15 Å². The average Bonchev–Trinajstić information content (AvgIpc) is 2.73. The molecule has 2 aromatic rings. The number of aromatic carboxylic acids is 1. The predicted octanol–water partition coefficient (Wildman–Crippen LogP) is 2.81. The molecule has 2 aromatic heterocycles. The van der Waals surface area contributed by atoms with Gasteiger partial charge in [-0.3, -0.25) is 4.68 Å². The van der Waals surface area contributed by atoms with Gasteiger partial charge in [0, 0.05) is 18.2 Å². The molecule has 2 heterocycles. The molecule has 16 heavy (non-hydrogen) atoms. The van der Waals surface area contributed by atoms with Crippen molar-refractivity contribution in [3.8, 4) is 11.3 Å². The second kappa shape index (κ2) is 3.92. The van der Waals surface area contributed by atoms with E-state index in [-0.39, 0.29) is 0 Å². The van der Waals surface area contributed by atoms with Crippen LogP contribution in [0.25, 0.3) is 11.3 Å². The molecule has 84 valence electrons. The van der Waals surface area contributed by atoms with Crippen LogP contribution in [0, 0.1) is 6.92 Å². The third kappa shape index (κ3) is 1.62. The Hall–Kier alpha value is -1.33. The first-order chi connectivity index (χ1) is 7.52. The van der Waals surface area contributed by atoms with E-state index in [0.29, 0.717) is 15.6 Å². The van der Waals surface area contributed by atoms with Crippen molar-refractivity contribution in [2.24, 2.45) is 7.05 Å². The van der Waals surface area contributed by atoms with E-state index in [1.807, 2.05) is 6.92 Å². The minimum Gasteiger partial charge on any atom is -0.477 e. The SMILES string of the molecule is Cc1c(Cl)nn(C)c1-c1ccsc1C(=O)O. The molecule has 0 radical (unpaired) electrons. The highest BCUT2D eigenvalue weighted by atomic mass is 35.5. The third-order valence-electron chi connectivity index (χ3n) is 2.34. The summed E-state index contributed by atoms with van der Waals surface area (Å²) >= 11 is 7.10. The summed E-state index contributed by atoms with van der Waals surface area (Å²) in [5.41, 5.74) is 2.21. The topological polar surface area (TPSA) is 55.1 Å². The van der Waals surface area contributed by atoms with Crippen molar-refractivity contribution in [2.75, 3.05) is 0 Å². The summed E-state index contributed by atoms with van der Waals surface area (Å²) in [4.78, 5) is 11.3. The van der Waals surface area contributed by atoms with Gasteiger partial charge < -0.3 is 5.11 Å². The number of rotatable bonds is 2. The maximum Gasteiger partial charge on any atom is 0.346 e. The fourth-order valence-corrected chi connectivity index (χ4v) is 2.57. The van der Waals surface area contributed by atoms with E-state index in [2.05, 4.69) is 5.10 Å². The van der Waals surface area contributed by atoms with Crippen LogP contribution in [0.2, 0.25) is 5.15 Å². The van der Waals surface area contributed by atoms with Crippen molar-refractivity contribution in [1.82, 2.24) is 9.78 Å². The Labute approximate surface area is 101 Å². The van der Waals surface area contributed by atoms with Gasteiger partial charge in [0.2, 0.25) is 0 Å². The van der Waals surface area contributed by atoms with E-state index >= 15 is 0 Å². The highest BCUT2D eigenvalue weighted by Crippen LogP contribution is 2.33. The summed E-state index contributed by atoms with van der Waals surface area (Å²) in [6, 6.07) is 1.77. The van der Waals surface area contributed by atoms with Crippen LogP contribution in [0.4, 0.5) is 0 Å². The summed E-state index contributed by atoms with van der Waals surface area (Å²) in [6.07, 6.45) is 0. The van der Waals surface area contributed by atoms with Gasteiger partial charge in [0.05, 0.1) is 5.69 Å². The maximum absolute atomic E-state index is 11.0. The number of carboxylic acids is 1. The largest absolute Gasteiger partial charge is 0.477 e. The standard InChI is InChI=1S/C10H9ClN2O2S/c1-5-7(13(2)12-9(5)11)6-3-4-16-8(6)10(14)15/h3-4H,1-2H3,(H,14,15). The van der Waals surface area contributed by atoms with E-state index in [1.54, 1.807) is 23.2 Å². The zero-order valence-corrected chi connectivity index (χ0v) is 10.3. The normalized spacial score (nSPS) is 10.7. The number of hydrogen-bond acceptors (Lipinski definition) is 3. The Morgan fingerprint density at radius 2 is 2.31 bits per heavy atom. The van der Waals surface area contributed by atoms with E-state index in [9.17, 15) is 4.79 Å². The molecule has 0 amide bonds. The van der Waals surface area contributed by atoms with Crippen LogP contribution >= 0.6 is 22.9 Å². The lowest BCUT2D eigenvalue weighted by Crippen LogP contribution is -1.99. The van der Waals surface area contributed by atoms with Gasteiger partial charge in [0.25, 0.3) is 0 Å². The second-order valence-corrected chi connectivity index (χ2v) is 4.63. The lowest BCUT2D eigenvalue weighted by atomic mass is 10.1. The van der Waals surface area contributed by atoms with Crippen molar-refractivity contribution in [3.63, 3.8) is 0 Å². The van der Waals surface area contributed by atoms with Crippen LogP contribution in [0.1, 0.15) is 15.2 Å². The summed E-state index contributed by atoms with van der Waals surface area (Å²) in [5.74, 6) is -0.929. The zero-order chi connectivity index (χ0) is 11.9. The van der Waals surface area contributed by atoms with Crippen LogP contribution in [0.3, 0.4) is 0 Å². The van der Waals surface area contributed by atoms with Gasteiger partial charge in [-0.1, -0.05) is 11.6 Å². The van der Waals surface area contributed by atoms with Gasteiger partial charge in [-0.15, -0.1) is 11.3 Å². The minimum atomic E-state index is -0.929. The monoisotopic (exact) mass is 256 g/mol. The quantitative estimate of drug-likeness (QED) is 0.899. The van der Waals surface area contributed by atoms with Crippen molar-refractivity contribution < 1.29 is 9.90 Å². The second-order valence-electron chi connectivity index (χ2n) is 3.36. The first-order valence-corrected chi connectivity index (χ1v) is 5.78. The molecule has 0 saturated carbocycles. The summed E-state index contributed by atoms with van der Waals surface area (Å²) in [7, 11) is 1.75. The molecule has 6 heteroatoms. The third-order valence-corrected chi connectivity index (χ3v) is 3.60. The van der Waals surface area contributed by atoms with Crippen LogP contribution in [0.15, 0.2) is 11.4 Å².